The summed E-state index contributed by atoms with van der Waals surface area (Å²) in [5.74, 6) is -0.316. The number of H-pyrrole nitrogens is 1. The van der Waals surface area contributed by atoms with Crippen molar-refractivity contribution in [3.63, 3.8) is 0 Å². The summed E-state index contributed by atoms with van der Waals surface area (Å²) in [5.41, 5.74) is 3.47. The maximum absolute atomic E-state index is 14.1. The molecule has 1 aromatic heterocycles. The maximum atomic E-state index is 14.1. The lowest BCUT2D eigenvalue weighted by Crippen LogP contribution is -2.03. The number of halogens is 3. The molecule has 3 nitrogen and oxygen atoms in total. The minimum absolute atomic E-state index is 0.316. The van der Waals surface area contributed by atoms with Crippen molar-refractivity contribution < 1.29 is 4.39 Å². The van der Waals surface area contributed by atoms with Crippen molar-refractivity contribution >= 4 is 54.1 Å². The second-order valence-electron chi connectivity index (χ2n) is 4.97. The molecule has 0 aliphatic heterocycles. The molecule has 114 valence electrons. The van der Waals surface area contributed by atoms with Gasteiger partial charge in [0, 0.05) is 38.3 Å². The first-order valence-electron chi connectivity index (χ1n) is 6.74. The van der Waals surface area contributed by atoms with Gasteiger partial charge < -0.3 is 15.6 Å². The fourth-order valence-corrected chi connectivity index (χ4v) is 3.68. The maximum Gasteiger partial charge on any atom is 0.148 e. The molecule has 0 fully saturated rings. The van der Waals surface area contributed by atoms with Crippen molar-refractivity contribution in [2.45, 2.75) is 6.54 Å². The predicted molar refractivity (Wildman–Crippen MR) is 96.1 cm³/mol. The first-order chi connectivity index (χ1) is 10.6. The number of aromatic nitrogens is 1. The average molecular weight is 427 g/mol. The van der Waals surface area contributed by atoms with Gasteiger partial charge in [0.2, 0.25) is 0 Å². The molecule has 22 heavy (non-hydrogen) atoms. The second kappa shape index (κ2) is 6.40. The SMILES string of the molecule is CNCc1c[nH]c2cc(Nc3c(F)cc(Br)cc3Br)ccc12. The molecule has 0 unspecified atom stereocenters. The van der Waals surface area contributed by atoms with Gasteiger partial charge in [-0.2, -0.15) is 0 Å². The number of hydrogen-bond acceptors (Lipinski definition) is 2. The van der Waals surface area contributed by atoms with E-state index >= 15 is 0 Å². The van der Waals surface area contributed by atoms with E-state index in [2.05, 4.69) is 47.5 Å². The van der Waals surface area contributed by atoms with Crippen molar-refractivity contribution in [1.82, 2.24) is 10.3 Å². The summed E-state index contributed by atoms with van der Waals surface area (Å²) in [5, 5.41) is 7.43. The van der Waals surface area contributed by atoms with Gasteiger partial charge >= 0.3 is 0 Å². The molecule has 2 aromatic carbocycles. The summed E-state index contributed by atoms with van der Waals surface area (Å²) >= 11 is 6.66. The van der Waals surface area contributed by atoms with E-state index in [0.717, 1.165) is 23.1 Å². The summed E-state index contributed by atoms with van der Waals surface area (Å²) in [7, 11) is 1.92. The van der Waals surface area contributed by atoms with E-state index in [1.165, 1.54) is 11.6 Å². The molecule has 0 aliphatic carbocycles. The third kappa shape index (κ3) is 3.04. The van der Waals surface area contributed by atoms with Crippen LogP contribution in [0.4, 0.5) is 15.8 Å². The summed E-state index contributed by atoms with van der Waals surface area (Å²) in [6, 6.07) is 9.20. The monoisotopic (exact) mass is 425 g/mol. The molecule has 0 bridgehead atoms. The first-order valence-corrected chi connectivity index (χ1v) is 8.33. The van der Waals surface area contributed by atoms with E-state index in [9.17, 15) is 4.39 Å². The molecule has 0 radical (unpaired) electrons. The van der Waals surface area contributed by atoms with Crippen LogP contribution in [0.25, 0.3) is 10.9 Å². The van der Waals surface area contributed by atoms with Crippen molar-refractivity contribution in [2.75, 3.05) is 12.4 Å². The van der Waals surface area contributed by atoms with Gasteiger partial charge in [0.15, 0.2) is 0 Å². The molecule has 0 aliphatic rings. The van der Waals surface area contributed by atoms with Crippen LogP contribution in [0.3, 0.4) is 0 Å². The van der Waals surface area contributed by atoms with Crippen molar-refractivity contribution in [3.05, 3.63) is 56.9 Å². The molecule has 0 saturated heterocycles. The number of aromatic amines is 1. The lowest BCUT2D eigenvalue weighted by molar-refractivity contribution is 0.630. The van der Waals surface area contributed by atoms with E-state index in [1.807, 2.05) is 37.5 Å². The normalized spacial score (nSPS) is 11.1. The summed E-state index contributed by atoms with van der Waals surface area (Å²) in [6.45, 7) is 0.805. The van der Waals surface area contributed by atoms with Crippen molar-refractivity contribution in [2.24, 2.45) is 0 Å². The highest BCUT2D eigenvalue weighted by molar-refractivity contribution is 9.11. The van der Waals surface area contributed by atoms with Gasteiger partial charge in [0.25, 0.3) is 0 Å². The van der Waals surface area contributed by atoms with E-state index in [0.29, 0.717) is 14.6 Å². The minimum atomic E-state index is -0.316. The number of rotatable bonds is 4. The molecule has 3 aromatic rings. The molecule has 0 saturated carbocycles. The van der Waals surface area contributed by atoms with Gasteiger partial charge in [-0.05, 0) is 52.8 Å². The van der Waals surface area contributed by atoms with Gasteiger partial charge in [0.05, 0.1) is 5.69 Å². The zero-order valence-corrected chi connectivity index (χ0v) is 15.0. The molecular formula is C16H14Br2FN3. The largest absolute Gasteiger partial charge is 0.361 e. The van der Waals surface area contributed by atoms with Gasteiger partial charge in [-0.25, -0.2) is 4.39 Å². The van der Waals surface area contributed by atoms with E-state index in [-0.39, 0.29) is 5.82 Å². The topological polar surface area (TPSA) is 39.9 Å². The Morgan fingerprint density at radius 2 is 2.00 bits per heavy atom. The Bertz CT molecular complexity index is 806. The summed E-state index contributed by atoms with van der Waals surface area (Å²) in [6.07, 6.45) is 1.99. The number of fused-ring (bicyclic) bond motifs is 1. The molecule has 0 spiro atoms. The minimum Gasteiger partial charge on any atom is -0.361 e. The van der Waals surface area contributed by atoms with E-state index < -0.39 is 0 Å². The van der Waals surface area contributed by atoms with Crippen LogP contribution in [0.5, 0.6) is 0 Å². The molecule has 6 heteroatoms. The lowest BCUT2D eigenvalue weighted by Gasteiger charge is -2.11. The van der Waals surface area contributed by atoms with Crippen LogP contribution in [-0.2, 0) is 6.54 Å². The van der Waals surface area contributed by atoms with Crippen LogP contribution in [0, 0.1) is 5.82 Å². The number of hydrogen-bond donors (Lipinski definition) is 3. The summed E-state index contributed by atoms with van der Waals surface area (Å²) < 4.78 is 15.4. The van der Waals surface area contributed by atoms with Gasteiger partial charge in [0.1, 0.15) is 5.82 Å². The number of benzene rings is 2. The van der Waals surface area contributed by atoms with Gasteiger partial charge in [-0.1, -0.05) is 22.0 Å². The zero-order valence-electron chi connectivity index (χ0n) is 11.8. The quantitative estimate of drug-likeness (QED) is 0.530. The molecule has 3 N–H and O–H groups in total. The summed E-state index contributed by atoms with van der Waals surface area (Å²) in [4.78, 5) is 3.24. The Kier molecular flexibility index (Phi) is 4.52. The van der Waals surface area contributed by atoms with Gasteiger partial charge in [-0.3, -0.25) is 0 Å². The molecule has 3 rings (SSSR count). The highest BCUT2D eigenvalue weighted by Crippen LogP contribution is 2.33. The Hall–Kier alpha value is -1.37. The highest BCUT2D eigenvalue weighted by atomic mass is 79.9. The Labute approximate surface area is 144 Å². The number of anilines is 2. The zero-order chi connectivity index (χ0) is 15.7. The predicted octanol–water partition coefficient (Wildman–Crippen LogP) is 5.30. The van der Waals surface area contributed by atoms with Crippen LogP contribution < -0.4 is 10.6 Å². The second-order valence-corrected chi connectivity index (χ2v) is 6.74. The van der Waals surface area contributed by atoms with Crippen LogP contribution in [0.1, 0.15) is 5.56 Å². The van der Waals surface area contributed by atoms with Crippen LogP contribution in [0.15, 0.2) is 45.5 Å². The van der Waals surface area contributed by atoms with E-state index in [1.54, 1.807) is 0 Å². The fraction of sp³-hybridized carbons (Fsp3) is 0.125. The Balaban J connectivity index is 1.95. The van der Waals surface area contributed by atoms with Crippen LogP contribution in [0.2, 0.25) is 0 Å². The van der Waals surface area contributed by atoms with Crippen LogP contribution >= 0.6 is 31.9 Å². The van der Waals surface area contributed by atoms with Crippen molar-refractivity contribution in [3.8, 4) is 0 Å². The van der Waals surface area contributed by atoms with Gasteiger partial charge in [-0.15, -0.1) is 0 Å². The third-order valence-corrected chi connectivity index (χ3v) is 4.49. The molecule has 1 heterocycles. The Morgan fingerprint density at radius 3 is 2.73 bits per heavy atom. The molecule has 0 amide bonds. The third-order valence-electron chi connectivity index (χ3n) is 3.41. The molecule has 0 atom stereocenters. The lowest BCUT2D eigenvalue weighted by atomic mass is 10.1. The first kappa shape index (κ1) is 15.5. The van der Waals surface area contributed by atoms with Crippen LogP contribution in [-0.4, -0.2) is 12.0 Å². The average Bonchev–Trinajstić information content (AvgIpc) is 2.86. The standard InChI is InChI=1S/C16H14Br2FN3/c1-20-7-9-8-21-15-6-11(2-3-12(9)15)22-16-13(18)4-10(17)5-14(16)19/h2-6,8,20-22H,7H2,1H3. The Morgan fingerprint density at radius 1 is 1.18 bits per heavy atom. The number of nitrogens with one attached hydrogen (secondary N) is 3. The highest BCUT2D eigenvalue weighted by Gasteiger charge is 2.10. The smallest absolute Gasteiger partial charge is 0.148 e. The van der Waals surface area contributed by atoms with E-state index in [4.69, 9.17) is 0 Å². The van der Waals surface area contributed by atoms with Crippen molar-refractivity contribution in [1.29, 1.82) is 0 Å². The molecular weight excluding hydrogens is 413 g/mol. The fourth-order valence-electron chi connectivity index (χ4n) is 2.41.